The Morgan fingerprint density at radius 1 is 0.469 bits per heavy atom. The minimum atomic E-state index is 0.720. The third-order valence-corrected chi connectivity index (χ3v) is 6.19. The van der Waals surface area contributed by atoms with Gasteiger partial charge in [-0.1, -0.05) is 51.0 Å². The number of rotatable bonds is 8. The van der Waals surface area contributed by atoms with Crippen LogP contribution in [0.3, 0.4) is 0 Å². The molecule has 5 aromatic rings. The average Bonchev–Trinajstić information content (AvgIpc) is 2.80. The van der Waals surface area contributed by atoms with Crippen LogP contribution in [0.15, 0.2) is 72.8 Å². The van der Waals surface area contributed by atoms with Crippen molar-refractivity contribution in [2.45, 2.75) is 39.5 Å². The number of ether oxygens (including phenoxy) is 2. The first-order valence-electron chi connectivity index (χ1n) is 11.8. The first kappa shape index (κ1) is 20.6. The predicted octanol–water partition coefficient (Wildman–Crippen LogP) is 8.66. The second kappa shape index (κ2) is 9.08. The minimum absolute atomic E-state index is 0.720. The Morgan fingerprint density at radius 3 is 1.19 bits per heavy atom. The zero-order valence-electron chi connectivity index (χ0n) is 19.0. The summed E-state index contributed by atoms with van der Waals surface area (Å²) < 4.78 is 12.2. The monoisotopic (exact) mass is 422 g/mol. The molecule has 0 radical (unpaired) electrons. The fourth-order valence-electron chi connectivity index (χ4n) is 4.33. The maximum atomic E-state index is 6.12. The molecule has 0 spiro atoms. The zero-order valence-corrected chi connectivity index (χ0v) is 19.0. The van der Waals surface area contributed by atoms with E-state index in [0.29, 0.717) is 0 Å². The lowest BCUT2D eigenvalue weighted by molar-refractivity contribution is 0.262. The fraction of sp³-hybridized carbons (Fsp3) is 0.267. The fourth-order valence-corrected chi connectivity index (χ4v) is 4.33. The van der Waals surface area contributed by atoms with Crippen molar-refractivity contribution in [1.29, 1.82) is 0 Å². The Hall–Kier alpha value is -3.26. The van der Waals surface area contributed by atoms with E-state index in [1.807, 2.05) is 0 Å². The summed E-state index contributed by atoms with van der Waals surface area (Å²) >= 11 is 0. The van der Waals surface area contributed by atoms with Crippen LogP contribution in [-0.2, 0) is 0 Å². The molecule has 0 atom stereocenters. The van der Waals surface area contributed by atoms with Gasteiger partial charge in [0.1, 0.15) is 0 Å². The second-order valence-corrected chi connectivity index (χ2v) is 8.65. The van der Waals surface area contributed by atoms with Crippen LogP contribution in [-0.4, -0.2) is 13.2 Å². The summed E-state index contributed by atoms with van der Waals surface area (Å²) in [5, 5.41) is 9.98. The van der Waals surface area contributed by atoms with E-state index in [1.54, 1.807) is 0 Å². The van der Waals surface area contributed by atoms with Gasteiger partial charge in [-0.3, -0.25) is 0 Å². The highest BCUT2D eigenvalue weighted by Crippen LogP contribution is 2.36. The molecule has 0 N–H and O–H groups in total. The van der Waals surface area contributed by atoms with E-state index in [4.69, 9.17) is 9.47 Å². The molecule has 0 bridgehead atoms. The van der Waals surface area contributed by atoms with Gasteiger partial charge in [-0.05, 0) is 104 Å². The summed E-state index contributed by atoms with van der Waals surface area (Å²) in [6.45, 7) is 5.80. The van der Waals surface area contributed by atoms with E-state index >= 15 is 0 Å². The Morgan fingerprint density at radius 2 is 0.812 bits per heavy atom. The van der Waals surface area contributed by atoms with E-state index in [9.17, 15) is 0 Å². The van der Waals surface area contributed by atoms with Gasteiger partial charge in [0.15, 0.2) is 11.5 Å². The van der Waals surface area contributed by atoms with Gasteiger partial charge in [0.2, 0.25) is 0 Å². The highest BCUT2D eigenvalue weighted by Gasteiger charge is 2.10. The molecule has 0 aliphatic heterocycles. The average molecular weight is 423 g/mol. The molecule has 0 aliphatic carbocycles. The van der Waals surface area contributed by atoms with Gasteiger partial charge in [0.05, 0.1) is 13.2 Å². The number of benzene rings is 5. The Bertz CT molecular complexity index is 1290. The molecule has 2 heteroatoms. The Labute approximate surface area is 189 Å². The topological polar surface area (TPSA) is 18.5 Å². The van der Waals surface area contributed by atoms with Crippen LogP contribution >= 0.6 is 0 Å². The van der Waals surface area contributed by atoms with Gasteiger partial charge in [0.25, 0.3) is 0 Å². The van der Waals surface area contributed by atoms with E-state index in [-0.39, 0.29) is 0 Å². The molecule has 0 amide bonds. The molecule has 32 heavy (non-hydrogen) atoms. The van der Waals surface area contributed by atoms with Crippen molar-refractivity contribution < 1.29 is 9.47 Å². The Balaban J connectivity index is 1.63. The summed E-state index contributed by atoms with van der Waals surface area (Å²) in [4.78, 5) is 0. The smallest absolute Gasteiger partial charge is 0.161 e. The molecule has 5 aromatic carbocycles. The molecule has 162 valence electrons. The zero-order chi connectivity index (χ0) is 21.9. The summed E-state index contributed by atoms with van der Waals surface area (Å²) in [6, 6.07) is 26.6. The molecule has 0 saturated heterocycles. The molecule has 5 rings (SSSR count). The largest absolute Gasteiger partial charge is 0.490 e. The lowest BCUT2D eigenvalue weighted by atomic mass is 9.97. The van der Waals surface area contributed by atoms with Gasteiger partial charge >= 0.3 is 0 Å². The lowest BCUT2D eigenvalue weighted by Gasteiger charge is -2.15. The van der Waals surface area contributed by atoms with Crippen LogP contribution in [0.25, 0.3) is 43.1 Å². The quantitative estimate of drug-likeness (QED) is 0.184. The normalized spacial score (nSPS) is 11.6. The molecular formula is C30H30O2. The van der Waals surface area contributed by atoms with Crippen LogP contribution in [0.1, 0.15) is 39.5 Å². The van der Waals surface area contributed by atoms with Crippen LogP contribution in [0.2, 0.25) is 0 Å². The van der Waals surface area contributed by atoms with Gasteiger partial charge in [-0.25, -0.2) is 0 Å². The molecule has 0 aliphatic rings. The van der Waals surface area contributed by atoms with Crippen LogP contribution in [0.4, 0.5) is 0 Å². The summed E-state index contributed by atoms with van der Waals surface area (Å²) in [6.07, 6.45) is 4.33. The van der Waals surface area contributed by atoms with E-state index in [2.05, 4.69) is 86.6 Å². The van der Waals surface area contributed by atoms with Gasteiger partial charge < -0.3 is 9.47 Å². The van der Waals surface area contributed by atoms with Crippen molar-refractivity contribution in [3.63, 3.8) is 0 Å². The van der Waals surface area contributed by atoms with Crippen molar-refractivity contribution in [2.75, 3.05) is 13.2 Å². The molecule has 0 saturated carbocycles. The van der Waals surface area contributed by atoms with Crippen molar-refractivity contribution in [3.8, 4) is 11.5 Å². The highest BCUT2D eigenvalue weighted by molar-refractivity contribution is 6.08. The Kier molecular flexibility index (Phi) is 5.85. The van der Waals surface area contributed by atoms with Gasteiger partial charge in [-0.15, -0.1) is 0 Å². The summed E-state index contributed by atoms with van der Waals surface area (Å²) in [5.41, 5.74) is 0. The summed E-state index contributed by atoms with van der Waals surface area (Å²) in [5.74, 6) is 1.71. The molecule has 0 fully saturated rings. The minimum Gasteiger partial charge on any atom is -0.490 e. The van der Waals surface area contributed by atoms with Crippen molar-refractivity contribution >= 4 is 43.1 Å². The predicted molar refractivity (Wildman–Crippen MR) is 137 cm³/mol. The second-order valence-electron chi connectivity index (χ2n) is 8.65. The maximum absolute atomic E-state index is 6.12. The standard InChI is InChI=1S/C30H30O2/c1-3-5-11-31-29-19-27-17-25-15-23-13-21-9-7-8-10-22(21)14-24(23)16-26(25)18-28(27)20-30(29)32-12-6-4-2/h7-10,13-20H,3-6,11-12H2,1-2H3. The molecular weight excluding hydrogens is 392 g/mol. The van der Waals surface area contributed by atoms with Gasteiger partial charge in [0, 0.05) is 0 Å². The third-order valence-electron chi connectivity index (χ3n) is 6.19. The van der Waals surface area contributed by atoms with Gasteiger partial charge in [-0.2, -0.15) is 0 Å². The lowest BCUT2D eigenvalue weighted by Crippen LogP contribution is -2.02. The number of fused-ring (bicyclic) bond motifs is 4. The van der Waals surface area contributed by atoms with Crippen molar-refractivity contribution in [3.05, 3.63) is 72.8 Å². The third kappa shape index (κ3) is 4.10. The van der Waals surface area contributed by atoms with Crippen molar-refractivity contribution in [1.82, 2.24) is 0 Å². The molecule has 0 unspecified atom stereocenters. The number of unbranched alkanes of at least 4 members (excludes halogenated alkanes) is 2. The molecule has 0 aromatic heterocycles. The van der Waals surface area contributed by atoms with Crippen molar-refractivity contribution in [2.24, 2.45) is 0 Å². The molecule has 0 heterocycles. The number of hydrogen-bond acceptors (Lipinski definition) is 2. The molecule has 2 nitrogen and oxygen atoms in total. The number of hydrogen-bond donors (Lipinski definition) is 0. The van der Waals surface area contributed by atoms with Crippen LogP contribution < -0.4 is 9.47 Å². The highest BCUT2D eigenvalue weighted by atomic mass is 16.5. The van der Waals surface area contributed by atoms with E-state index in [0.717, 1.165) is 50.4 Å². The first-order valence-corrected chi connectivity index (χ1v) is 11.8. The van der Waals surface area contributed by atoms with E-state index in [1.165, 1.54) is 43.1 Å². The first-order chi connectivity index (χ1) is 15.7. The van der Waals surface area contributed by atoms with Crippen LogP contribution in [0, 0.1) is 0 Å². The SMILES string of the molecule is CCCCOc1cc2cc3cc4cc5ccccc5cc4cc3cc2cc1OCCCC. The van der Waals surface area contributed by atoms with E-state index < -0.39 is 0 Å². The maximum Gasteiger partial charge on any atom is 0.161 e. The summed E-state index contributed by atoms with van der Waals surface area (Å²) in [7, 11) is 0. The van der Waals surface area contributed by atoms with Crippen LogP contribution in [0.5, 0.6) is 11.5 Å².